The average Bonchev–Trinajstić information content (AvgIpc) is 3.09. The maximum absolute atomic E-state index is 4.38. The van der Waals surface area contributed by atoms with E-state index in [0.29, 0.717) is 0 Å². The minimum absolute atomic E-state index is 0.910. The number of fused-ring (bicyclic) bond motifs is 3. The first kappa shape index (κ1) is 20.6. The molecular formula is C33H23N3. The first-order valence-electron chi connectivity index (χ1n) is 12.2. The van der Waals surface area contributed by atoms with Crippen LogP contribution < -0.4 is 4.90 Å². The maximum Gasteiger partial charge on any atom is 0.0644 e. The van der Waals surface area contributed by atoms with Crippen molar-refractivity contribution >= 4 is 22.6 Å². The van der Waals surface area contributed by atoms with Gasteiger partial charge in [0.15, 0.2) is 0 Å². The molecule has 2 heterocycles. The molecular weight excluding hydrogens is 438 g/mol. The Bertz CT molecular complexity index is 1610. The Kier molecular flexibility index (Phi) is 4.85. The van der Waals surface area contributed by atoms with Gasteiger partial charge in [-0.3, -0.25) is 9.97 Å². The van der Waals surface area contributed by atoms with Gasteiger partial charge in [-0.15, -0.1) is 0 Å². The standard InChI is InChI=1S/C33H23N3/c1-2-11-29-28(10-1)31-13-4-3-12-30-27(14-15-32(29)33(30)31)23-7-5-8-25(21-23)36(24-16-19-34-20-17-24)26-9-6-18-35-22-26/h1-11,13-22H,12H2. The van der Waals surface area contributed by atoms with Crippen molar-refractivity contribution in [1.82, 2.24) is 9.97 Å². The summed E-state index contributed by atoms with van der Waals surface area (Å²) in [7, 11) is 0. The van der Waals surface area contributed by atoms with Gasteiger partial charge in [0, 0.05) is 30.0 Å². The van der Waals surface area contributed by atoms with Crippen molar-refractivity contribution in [3.05, 3.63) is 145 Å². The normalized spacial score (nSPS) is 12.9. The molecule has 2 aliphatic carbocycles. The van der Waals surface area contributed by atoms with E-state index in [1.165, 1.54) is 44.5 Å². The Morgan fingerprint density at radius 2 is 1.44 bits per heavy atom. The summed E-state index contributed by atoms with van der Waals surface area (Å²) in [4.78, 5) is 10.8. The smallest absolute Gasteiger partial charge is 0.0644 e. The lowest BCUT2D eigenvalue weighted by molar-refractivity contribution is 1.21. The van der Waals surface area contributed by atoms with Crippen molar-refractivity contribution in [3.8, 4) is 22.3 Å². The average molecular weight is 462 g/mol. The molecule has 0 bridgehead atoms. The van der Waals surface area contributed by atoms with Gasteiger partial charge in [-0.2, -0.15) is 0 Å². The highest BCUT2D eigenvalue weighted by Crippen LogP contribution is 2.49. The molecule has 0 N–H and O–H groups in total. The predicted molar refractivity (Wildman–Crippen MR) is 148 cm³/mol. The lowest BCUT2D eigenvalue weighted by Crippen LogP contribution is -2.10. The Balaban J connectivity index is 1.40. The lowest BCUT2D eigenvalue weighted by atomic mass is 9.89. The quantitative estimate of drug-likeness (QED) is 0.265. The van der Waals surface area contributed by atoms with Gasteiger partial charge >= 0.3 is 0 Å². The second-order valence-corrected chi connectivity index (χ2v) is 9.07. The summed E-state index contributed by atoms with van der Waals surface area (Å²) < 4.78 is 0. The van der Waals surface area contributed by atoms with Crippen molar-refractivity contribution in [2.75, 3.05) is 4.90 Å². The number of aromatic nitrogens is 2. The number of benzene rings is 3. The van der Waals surface area contributed by atoms with E-state index in [-0.39, 0.29) is 0 Å². The van der Waals surface area contributed by atoms with E-state index in [0.717, 1.165) is 23.5 Å². The van der Waals surface area contributed by atoms with Gasteiger partial charge < -0.3 is 4.90 Å². The van der Waals surface area contributed by atoms with Crippen molar-refractivity contribution in [2.45, 2.75) is 6.42 Å². The Morgan fingerprint density at radius 1 is 0.611 bits per heavy atom. The van der Waals surface area contributed by atoms with Crippen LogP contribution in [0.1, 0.15) is 16.7 Å². The molecule has 2 aromatic heterocycles. The van der Waals surface area contributed by atoms with Crippen LogP contribution in [0.2, 0.25) is 0 Å². The fraction of sp³-hybridized carbons (Fsp3) is 0.0303. The van der Waals surface area contributed by atoms with Crippen LogP contribution >= 0.6 is 0 Å². The molecule has 0 aliphatic heterocycles. The third-order valence-corrected chi connectivity index (χ3v) is 7.05. The van der Waals surface area contributed by atoms with Gasteiger partial charge in [0.25, 0.3) is 0 Å². The van der Waals surface area contributed by atoms with E-state index in [4.69, 9.17) is 0 Å². The molecule has 0 fully saturated rings. The van der Waals surface area contributed by atoms with Crippen LogP contribution in [0.5, 0.6) is 0 Å². The molecule has 5 aromatic rings. The molecule has 0 spiro atoms. The van der Waals surface area contributed by atoms with Crippen LogP contribution in [0, 0.1) is 0 Å². The van der Waals surface area contributed by atoms with Crippen molar-refractivity contribution in [1.29, 1.82) is 0 Å². The number of nitrogens with zero attached hydrogens (tertiary/aromatic N) is 3. The lowest BCUT2D eigenvalue weighted by Gasteiger charge is -2.25. The third-order valence-electron chi connectivity index (χ3n) is 7.05. The molecule has 0 unspecified atom stereocenters. The van der Waals surface area contributed by atoms with Crippen LogP contribution in [0.25, 0.3) is 27.8 Å². The van der Waals surface area contributed by atoms with Crippen LogP contribution in [-0.2, 0) is 6.42 Å². The number of anilines is 3. The summed E-state index contributed by atoms with van der Waals surface area (Å²) in [6.45, 7) is 0. The first-order chi connectivity index (χ1) is 17.9. The van der Waals surface area contributed by atoms with E-state index >= 15 is 0 Å². The van der Waals surface area contributed by atoms with E-state index in [9.17, 15) is 0 Å². The van der Waals surface area contributed by atoms with Crippen molar-refractivity contribution in [2.24, 2.45) is 0 Å². The van der Waals surface area contributed by atoms with E-state index in [2.05, 4.69) is 99.8 Å². The largest absolute Gasteiger partial charge is 0.309 e. The van der Waals surface area contributed by atoms with Crippen LogP contribution in [0.15, 0.2) is 128 Å². The van der Waals surface area contributed by atoms with Gasteiger partial charge in [-0.25, -0.2) is 0 Å². The molecule has 7 rings (SSSR count). The molecule has 0 atom stereocenters. The minimum Gasteiger partial charge on any atom is -0.309 e. The zero-order valence-corrected chi connectivity index (χ0v) is 19.7. The number of hydrogen-bond donors (Lipinski definition) is 0. The van der Waals surface area contributed by atoms with Gasteiger partial charge in [0.1, 0.15) is 0 Å². The van der Waals surface area contributed by atoms with Gasteiger partial charge in [0.2, 0.25) is 0 Å². The first-order valence-corrected chi connectivity index (χ1v) is 12.2. The third kappa shape index (κ3) is 3.29. The molecule has 36 heavy (non-hydrogen) atoms. The molecule has 0 radical (unpaired) electrons. The topological polar surface area (TPSA) is 29.0 Å². The second kappa shape index (κ2) is 8.47. The van der Waals surface area contributed by atoms with Gasteiger partial charge in [-0.1, -0.05) is 66.8 Å². The second-order valence-electron chi connectivity index (χ2n) is 9.07. The monoisotopic (exact) mass is 461 g/mol. The number of rotatable bonds is 4. The highest BCUT2D eigenvalue weighted by molar-refractivity contribution is 6.04. The molecule has 170 valence electrons. The Labute approximate surface area is 210 Å². The van der Waals surface area contributed by atoms with E-state index in [1.54, 1.807) is 6.20 Å². The van der Waals surface area contributed by atoms with Crippen molar-refractivity contribution < 1.29 is 0 Å². The minimum atomic E-state index is 0.910. The number of pyridine rings is 2. The highest BCUT2D eigenvalue weighted by atomic mass is 15.1. The summed E-state index contributed by atoms with van der Waals surface area (Å²) in [5, 5.41) is 0. The zero-order chi connectivity index (χ0) is 23.9. The predicted octanol–water partition coefficient (Wildman–Crippen LogP) is 8.14. The molecule has 0 saturated carbocycles. The number of hydrogen-bond acceptors (Lipinski definition) is 3. The Hall–Kier alpha value is -4.76. The highest BCUT2D eigenvalue weighted by Gasteiger charge is 2.27. The van der Waals surface area contributed by atoms with Crippen LogP contribution in [0.4, 0.5) is 17.1 Å². The Morgan fingerprint density at radius 3 is 2.31 bits per heavy atom. The fourth-order valence-corrected chi connectivity index (χ4v) is 5.51. The van der Waals surface area contributed by atoms with E-state index < -0.39 is 0 Å². The number of allylic oxidation sites excluding steroid dienone is 3. The van der Waals surface area contributed by atoms with Crippen molar-refractivity contribution in [3.63, 3.8) is 0 Å². The summed E-state index contributed by atoms with van der Waals surface area (Å²) in [6, 6.07) is 30.3. The molecule has 0 amide bonds. The molecule has 2 aliphatic rings. The van der Waals surface area contributed by atoms with Crippen LogP contribution in [-0.4, -0.2) is 9.97 Å². The molecule has 3 heteroatoms. The van der Waals surface area contributed by atoms with Gasteiger partial charge in [0.05, 0.1) is 11.9 Å². The molecule has 3 aromatic carbocycles. The zero-order valence-electron chi connectivity index (χ0n) is 19.7. The molecule has 3 nitrogen and oxygen atoms in total. The van der Waals surface area contributed by atoms with E-state index in [1.807, 2.05) is 36.8 Å². The summed E-state index contributed by atoms with van der Waals surface area (Å²) in [6.07, 6.45) is 15.0. The SMILES string of the molecule is C1=CCc2c(-c3cccc(N(c4ccncc4)c4cccnc4)c3)ccc3c2C(=C1)c1ccccc1-3. The maximum atomic E-state index is 4.38. The van der Waals surface area contributed by atoms with Crippen LogP contribution in [0.3, 0.4) is 0 Å². The summed E-state index contributed by atoms with van der Waals surface area (Å²) in [5.74, 6) is 0. The summed E-state index contributed by atoms with van der Waals surface area (Å²) in [5.41, 5.74) is 13.7. The molecule has 0 saturated heterocycles. The summed E-state index contributed by atoms with van der Waals surface area (Å²) >= 11 is 0. The van der Waals surface area contributed by atoms with Gasteiger partial charge in [-0.05, 0) is 87.3 Å². The fourth-order valence-electron chi connectivity index (χ4n) is 5.51.